The number of halogens is 1. The number of aryl methyl sites for hydroxylation is 1. The number of hydrogen-bond acceptors (Lipinski definition) is 3. The zero-order valence-electron chi connectivity index (χ0n) is 20.6. The fraction of sp³-hybridized carbons (Fsp3) is 0.300. The largest absolute Gasteiger partial charge is 0.342 e. The molecular weight excluding hydrogens is 452 g/mol. The van der Waals surface area contributed by atoms with E-state index in [1.165, 1.54) is 22.5 Å². The monoisotopic (exact) mass is 486 g/mol. The van der Waals surface area contributed by atoms with Crippen LogP contribution in [0.2, 0.25) is 0 Å². The van der Waals surface area contributed by atoms with Crippen molar-refractivity contribution in [1.29, 1.82) is 0 Å². The zero-order chi connectivity index (χ0) is 23.3. The van der Waals surface area contributed by atoms with E-state index < -0.39 is 0 Å². The summed E-state index contributed by atoms with van der Waals surface area (Å²) in [7, 11) is 0. The minimum absolute atomic E-state index is 0. The molecule has 1 saturated heterocycles. The zero-order valence-corrected chi connectivity index (χ0v) is 21.4. The molecule has 1 N–H and O–H groups in total. The summed E-state index contributed by atoms with van der Waals surface area (Å²) in [6.07, 6.45) is 1.06. The van der Waals surface area contributed by atoms with Crippen LogP contribution in [0.3, 0.4) is 0 Å². The van der Waals surface area contributed by atoms with Gasteiger partial charge in [0.15, 0.2) is 0 Å². The van der Waals surface area contributed by atoms with E-state index in [1.54, 1.807) is 0 Å². The maximum Gasteiger partial charge on any atom is 0.137 e. The Hall–Kier alpha value is -2.92. The van der Waals surface area contributed by atoms with E-state index in [2.05, 4.69) is 114 Å². The van der Waals surface area contributed by atoms with Crippen LogP contribution in [0.1, 0.15) is 47.9 Å². The van der Waals surface area contributed by atoms with E-state index in [0.29, 0.717) is 12.1 Å². The van der Waals surface area contributed by atoms with Gasteiger partial charge in [0, 0.05) is 37.4 Å². The molecule has 3 aromatic carbocycles. The number of benzene rings is 3. The highest BCUT2D eigenvalue weighted by Crippen LogP contribution is 2.33. The van der Waals surface area contributed by atoms with Gasteiger partial charge in [-0.1, -0.05) is 97.9 Å². The Morgan fingerprint density at radius 3 is 1.74 bits per heavy atom. The number of piperazine rings is 1. The van der Waals surface area contributed by atoms with Gasteiger partial charge in [-0.2, -0.15) is 0 Å². The Balaban J connectivity index is 0.00000289. The predicted octanol–water partition coefficient (Wildman–Crippen LogP) is 6.67. The minimum atomic E-state index is 0. The first-order chi connectivity index (χ1) is 16.7. The van der Waals surface area contributed by atoms with Gasteiger partial charge in [-0.3, -0.25) is 9.80 Å². The second-order valence-electron chi connectivity index (χ2n) is 9.18. The number of H-pyrrole nitrogens is 1. The maximum absolute atomic E-state index is 5.06. The average molecular weight is 487 g/mol. The van der Waals surface area contributed by atoms with Crippen molar-refractivity contribution in [2.24, 2.45) is 0 Å². The molecule has 0 radical (unpaired) electrons. The van der Waals surface area contributed by atoms with Gasteiger partial charge in [0.25, 0.3) is 0 Å². The molecule has 5 rings (SSSR count). The number of nitrogens with one attached hydrogen (secondary N) is 1. The van der Waals surface area contributed by atoms with Gasteiger partial charge >= 0.3 is 0 Å². The van der Waals surface area contributed by atoms with Crippen molar-refractivity contribution in [2.45, 2.75) is 32.4 Å². The van der Waals surface area contributed by atoms with E-state index in [4.69, 9.17) is 4.98 Å². The second-order valence-corrected chi connectivity index (χ2v) is 9.18. The van der Waals surface area contributed by atoms with Crippen molar-refractivity contribution in [3.63, 3.8) is 0 Å². The summed E-state index contributed by atoms with van der Waals surface area (Å²) in [5.74, 6) is 0.971. The van der Waals surface area contributed by atoms with Crippen molar-refractivity contribution in [2.75, 3.05) is 26.2 Å². The normalized spacial score (nSPS) is 15.6. The third-order valence-corrected chi connectivity index (χ3v) is 7.06. The molecule has 1 aliphatic heterocycles. The van der Waals surface area contributed by atoms with E-state index in [-0.39, 0.29) is 12.4 Å². The molecule has 4 aromatic rings. The lowest BCUT2D eigenvalue weighted by molar-refractivity contribution is 0.0753. The Morgan fingerprint density at radius 1 is 0.743 bits per heavy atom. The third kappa shape index (κ3) is 5.51. The SMILES string of the molecule is CCC(c1nc(-c2ccccc2)[nH]c1C)N1CCN(C(c2ccccc2)c2ccccc2)CC1.Cl. The molecule has 0 bridgehead atoms. The van der Waals surface area contributed by atoms with Gasteiger partial charge in [-0.25, -0.2) is 4.98 Å². The second kappa shape index (κ2) is 11.7. The maximum atomic E-state index is 5.06. The minimum Gasteiger partial charge on any atom is -0.342 e. The smallest absolute Gasteiger partial charge is 0.137 e. The average Bonchev–Trinajstić information content (AvgIpc) is 3.29. The van der Waals surface area contributed by atoms with Crippen LogP contribution in [0.5, 0.6) is 0 Å². The Bertz CT molecular complexity index is 1130. The summed E-state index contributed by atoms with van der Waals surface area (Å²) in [5, 5.41) is 0. The summed E-state index contributed by atoms with van der Waals surface area (Å²) in [6.45, 7) is 8.61. The lowest BCUT2D eigenvalue weighted by Gasteiger charge is -2.42. The van der Waals surface area contributed by atoms with Crippen molar-refractivity contribution in [1.82, 2.24) is 19.8 Å². The molecule has 182 valence electrons. The summed E-state index contributed by atoms with van der Waals surface area (Å²) >= 11 is 0. The molecule has 0 saturated carbocycles. The molecule has 4 nitrogen and oxygen atoms in total. The van der Waals surface area contributed by atoms with Crippen LogP contribution >= 0.6 is 12.4 Å². The summed E-state index contributed by atoms with van der Waals surface area (Å²) in [4.78, 5) is 13.9. The number of rotatable bonds is 7. The molecule has 1 aromatic heterocycles. The van der Waals surface area contributed by atoms with E-state index in [1.807, 2.05) is 6.07 Å². The van der Waals surface area contributed by atoms with E-state index >= 15 is 0 Å². The molecule has 2 heterocycles. The van der Waals surface area contributed by atoms with E-state index in [0.717, 1.165) is 44.0 Å². The highest BCUT2D eigenvalue weighted by atomic mass is 35.5. The molecular formula is C30H35ClN4. The number of hydrogen-bond donors (Lipinski definition) is 1. The molecule has 0 spiro atoms. The highest BCUT2D eigenvalue weighted by molar-refractivity contribution is 5.85. The van der Waals surface area contributed by atoms with Crippen molar-refractivity contribution in [3.05, 3.63) is 114 Å². The number of nitrogens with zero attached hydrogens (tertiary/aromatic N) is 3. The van der Waals surface area contributed by atoms with E-state index in [9.17, 15) is 0 Å². The number of aromatic amines is 1. The molecule has 1 fully saturated rings. The van der Waals surface area contributed by atoms with Crippen LogP contribution in [0.15, 0.2) is 91.0 Å². The van der Waals surface area contributed by atoms with Crippen LogP contribution in [0.4, 0.5) is 0 Å². The summed E-state index contributed by atoms with van der Waals surface area (Å²) in [6, 6.07) is 32.9. The van der Waals surface area contributed by atoms with Crippen molar-refractivity contribution < 1.29 is 0 Å². The fourth-order valence-corrected chi connectivity index (χ4v) is 5.35. The summed E-state index contributed by atoms with van der Waals surface area (Å²) in [5.41, 5.74) is 6.25. The first-order valence-electron chi connectivity index (χ1n) is 12.4. The van der Waals surface area contributed by atoms with Gasteiger partial charge in [-0.15, -0.1) is 12.4 Å². The van der Waals surface area contributed by atoms with Gasteiger partial charge in [0.1, 0.15) is 5.82 Å². The van der Waals surface area contributed by atoms with Crippen LogP contribution in [-0.4, -0.2) is 45.9 Å². The predicted molar refractivity (Wildman–Crippen MR) is 147 cm³/mol. The lowest BCUT2D eigenvalue weighted by Crippen LogP contribution is -2.49. The van der Waals surface area contributed by atoms with Gasteiger partial charge in [0.05, 0.1) is 17.8 Å². The third-order valence-electron chi connectivity index (χ3n) is 7.06. The topological polar surface area (TPSA) is 35.2 Å². The Morgan fingerprint density at radius 2 is 1.23 bits per heavy atom. The Labute approximate surface area is 215 Å². The molecule has 35 heavy (non-hydrogen) atoms. The first-order valence-corrected chi connectivity index (χ1v) is 12.4. The fourth-order valence-electron chi connectivity index (χ4n) is 5.35. The van der Waals surface area contributed by atoms with Crippen LogP contribution in [-0.2, 0) is 0 Å². The molecule has 1 aliphatic rings. The number of aromatic nitrogens is 2. The quantitative estimate of drug-likeness (QED) is 0.317. The highest BCUT2D eigenvalue weighted by Gasteiger charge is 2.31. The van der Waals surface area contributed by atoms with Gasteiger partial charge in [-0.05, 0) is 24.5 Å². The van der Waals surface area contributed by atoms with Crippen molar-refractivity contribution >= 4 is 12.4 Å². The van der Waals surface area contributed by atoms with Crippen LogP contribution in [0.25, 0.3) is 11.4 Å². The molecule has 1 unspecified atom stereocenters. The molecule has 5 heteroatoms. The molecule has 0 amide bonds. The molecule has 0 aliphatic carbocycles. The first kappa shape index (κ1) is 25.2. The Kier molecular flexibility index (Phi) is 8.40. The van der Waals surface area contributed by atoms with Crippen LogP contribution < -0.4 is 0 Å². The summed E-state index contributed by atoms with van der Waals surface area (Å²) < 4.78 is 0. The molecule has 1 atom stereocenters. The number of imidazole rings is 1. The van der Waals surface area contributed by atoms with Crippen LogP contribution in [0, 0.1) is 6.92 Å². The lowest BCUT2D eigenvalue weighted by atomic mass is 9.96. The van der Waals surface area contributed by atoms with Gasteiger partial charge in [0.2, 0.25) is 0 Å². The standard InChI is InChI=1S/C30H34N4.ClH/c1-3-27(28-23(2)31-30(32-28)26-17-11-6-12-18-26)33-19-21-34(22-20-33)29(24-13-7-4-8-14-24)25-15-9-5-10-16-25;/h4-18,27,29H,3,19-22H2,1-2H3,(H,31,32);1H. The van der Waals surface area contributed by atoms with Gasteiger partial charge < -0.3 is 4.98 Å². The van der Waals surface area contributed by atoms with Crippen molar-refractivity contribution in [3.8, 4) is 11.4 Å².